The molecule has 1 N–H and O–H groups in total. The Morgan fingerprint density at radius 2 is 1.95 bits per heavy atom. The zero-order chi connectivity index (χ0) is 14.5. The number of benzene rings is 1. The molecule has 1 aromatic carbocycles. The maximum Gasteiger partial charge on any atom is 0.0423 e. The highest BCUT2D eigenvalue weighted by Crippen LogP contribution is 2.33. The van der Waals surface area contributed by atoms with E-state index in [1.807, 2.05) is 7.05 Å². The molecule has 0 bridgehead atoms. The van der Waals surface area contributed by atoms with Crippen molar-refractivity contribution in [1.29, 1.82) is 0 Å². The number of halogens is 1. The number of rotatable bonds is 5. The Balaban J connectivity index is 2.12. The van der Waals surface area contributed by atoms with Crippen LogP contribution in [0.15, 0.2) is 22.7 Å². The van der Waals surface area contributed by atoms with E-state index in [-0.39, 0.29) is 0 Å². The van der Waals surface area contributed by atoms with Gasteiger partial charge in [0.05, 0.1) is 0 Å². The first kappa shape index (κ1) is 15.8. The van der Waals surface area contributed by atoms with E-state index in [0.717, 1.165) is 12.5 Å². The van der Waals surface area contributed by atoms with Crippen LogP contribution < -0.4 is 10.2 Å². The van der Waals surface area contributed by atoms with Gasteiger partial charge in [-0.15, -0.1) is 0 Å². The lowest BCUT2D eigenvalue weighted by Gasteiger charge is -2.37. The van der Waals surface area contributed by atoms with Crippen molar-refractivity contribution in [3.8, 4) is 0 Å². The molecule has 3 heteroatoms. The summed E-state index contributed by atoms with van der Waals surface area (Å²) in [5.74, 6) is 0.957. The fourth-order valence-corrected chi connectivity index (χ4v) is 3.69. The number of nitrogens with one attached hydrogen (secondary N) is 1. The second kappa shape index (κ2) is 7.46. The molecule has 0 amide bonds. The predicted molar refractivity (Wildman–Crippen MR) is 91.3 cm³/mol. The van der Waals surface area contributed by atoms with Gasteiger partial charge < -0.3 is 10.2 Å². The summed E-state index contributed by atoms with van der Waals surface area (Å²) in [5, 5.41) is 3.28. The van der Waals surface area contributed by atoms with E-state index in [1.165, 1.54) is 47.8 Å². The predicted octanol–water partition coefficient (Wildman–Crippen LogP) is 4.57. The fraction of sp³-hybridized carbons (Fsp3) is 0.647. The number of nitrogens with zero attached hydrogens (tertiary/aromatic N) is 1. The Morgan fingerprint density at radius 3 is 2.55 bits per heavy atom. The Hall–Kier alpha value is -0.540. The molecule has 1 fully saturated rings. The summed E-state index contributed by atoms with van der Waals surface area (Å²) in [6.07, 6.45) is 6.79. The molecule has 0 aliphatic heterocycles. The minimum absolute atomic E-state index is 0.697. The summed E-state index contributed by atoms with van der Waals surface area (Å²) >= 11 is 3.61. The Kier molecular flexibility index (Phi) is 5.91. The molecule has 1 aliphatic carbocycles. The lowest BCUT2D eigenvalue weighted by molar-refractivity contribution is 0.313. The molecule has 0 radical (unpaired) electrons. The van der Waals surface area contributed by atoms with Gasteiger partial charge in [0.15, 0.2) is 0 Å². The smallest absolute Gasteiger partial charge is 0.0423 e. The monoisotopic (exact) mass is 338 g/mol. The highest BCUT2D eigenvalue weighted by atomic mass is 79.9. The van der Waals surface area contributed by atoms with E-state index in [9.17, 15) is 0 Å². The summed E-state index contributed by atoms with van der Waals surface area (Å²) in [5.41, 5.74) is 2.75. The van der Waals surface area contributed by atoms with Crippen molar-refractivity contribution in [2.24, 2.45) is 5.92 Å². The molecule has 2 rings (SSSR count). The van der Waals surface area contributed by atoms with Gasteiger partial charge >= 0.3 is 0 Å². The zero-order valence-corrected chi connectivity index (χ0v) is 14.5. The quantitative estimate of drug-likeness (QED) is 0.845. The lowest BCUT2D eigenvalue weighted by Crippen LogP contribution is -2.36. The minimum atomic E-state index is 0.697. The van der Waals surface area contributed by atoms with Crippen LogP contribution in [0, 0.1) is 5.92 Å². The van der Waals surface area contributed by atoms with E-state index >= 15 is 0 Å². The fourth-order valence-electron chi connectivity index (χ4n) is 3.34. The Morgan fingerprint density at radius 1 is 1.25 bits per heavy atom. The molecule has 1 saturated carbocycles. The average Bonchev–Trinajstić information content (AvgIpc) is 2.48. The molecule has 0 heterocycles. The first-order valence-corrected chi connectivity index (χ1v) is 8.60. The van der Waals surface area contributed by atoms with Crippen molar-refractivity contribution >= 4 is 21.6 Å². The highest BCUT2D eigenvalue weighted by molar-refractivity contribution is 9.10. The van der Waals surface area contributed by atoms with Crippen molar-refractivity contribution < 1.29 is 0 Å². The summed E-state index contributed by atoms with van der Waals surface area (Å²) < 4.78 is 1.17. The van der Waals surface area contributed by atoms with Crippen LogP contribution in [0.3, 0.4) is 0 Å². The Bertz CT molecular complexity index is 425. The van der Waals surface area contributed by atoms with E-state index in [2.05, 4.69) is 58.3 Å². The first-order chi connectivity index (χ1) is 9.65. The van der Waals surface area contributed by atoms with Crippen LogP contribution in [-0.4, -0.2) is 20.1 Å². The minimum Gasteiger partial charge on any atom is -0.371 e. The Labute approximate surface area is 132 Å². The maximum absolute atomic E-state index is 3.61. The largest absolute Gasteiger partial charge is 0.371 e. The molecular weight excluding hydrogens is 312 g/mol. The van der Waals surface area contributed by atoms with Gasteiger partial charge in [0.2, 0.25) is 0 Å². The number of anilines is 1. The molecule has 1 aromatic rings. The molecule has 20 heavy (non-hydrogen) atoms. The van der Waals surface area contributed by atoms with Gasteiger partial charge in [-0.1, -0.05) is 35.3 Å². The topological polar surface area (TPSA) is 15.3 Å². The van der Waals surface area contributed by atoms with Crippen molar-refractivity contribution in [3.63, 3.8) is 0 Å². The van der Waals surface area contributed by atoms with Gasteiger partial charge in [-0.3, -0.25) is 0 Å². The van der Waals surface area contributed by atoms with Crippen LogP contribution in [0.1, 0.15) is 44.6 Å². The molecule has 2 nitrogen and oxygen atoms in total. The summed E-state index contributed by atoms with van der Waals surface area (Å²) in [7, 11) is 4.27. The third-order valence-electron chi connectivity index (χ3n) is 4.74. The van der Waals surface area contributed by atoms with Gasteiger partial charge in [0, 0.05) is 29.8 Å². The van der Waals surface area contributed by atoms with Crippen LogP contribution in [-0.2, 0) is 6.54 Å². The second-order valence-electron chi connectivity index (χ2n) is 6.00. The van der Waals surface area contributed by atoms with E-state index in [4.69, 9.17) is 0 Å². The molecule has 0 spiro atoms. The van der Waals surface area contributed by atoms with Crippen LogP contribution in [0.2, 0.25) is 0 Å². The first-order valence-electron chi connectivity index (χ1n) is 7.81. The van der Waals surface area contributed by atoms with Crippen molar-refractivity contribution in [2.45, 2.75) is 51.6 Å². The van der Waals surface area contributed by atoms with Crippen LogP contribution >= 0.6 is 15.9 Å². The molecular formula is C17H27BrN2. The third-order valence-corrected chi connectivity index (χ3v) is 5.23. The van der Waals surface area contributed by atoms with Crippen molar-refractivity contribution in [2.75, 3.05) is 19.0 Å². The second-order valence-corrected chi connectivity index (χ2v) is 6.91. The van der Waals surface area contributed by atoms with Crippen LogP contribution in [0.5, 0.6) is 0 Å². The van der Waals surface area contributed by atoms with E-state index in [1.54, 1.807) is 0 Å². The summed E-state index contributed by atoms with van der Waals surface area (Å²) in [4.78, 5) is 2.50. The van der Waals surface area contributed by atoms with Crippen LogP contribution in [0.4, 0.5) is 5.69 Å². The summed E-state index contributed by atoms with van der Waals surface area (Å²) in [6, 6.07) is 7.32. The van der Waals surface area contributed by atoms with Crippen LogP contribution in [0.25, 0.3) is 0 Å². The third kappa shape index (κ3) is 3.76. The normalized spacial score (nSPS) is 22.8. The maximum atomic E-state index is 3.61. The molecule has 1 aliphatic rings. The zero-order valence-electron chi connectivity index (χ0n) is 13.0. The van der Waals surface area contributed by atoms with Gasteiger partial charge in [0.25, 0.3) is 0 Å². The highest BCUT2D eigenvalue weighted by Gasteiger charge is 2.24. The molecule has 112 valence electrons. The number of hydrogen-bond donors (Lipinski definition) is 1. The van der Waals surface area contributed by atoms with E-state index in [0.29, 0.717) is 6.04 Å². The van der Waals surface area contributed by atoms with E-state index < -0.39 is 0 Å². The summed E-state index contributed by atoms with van der Waals surface area (Å²) in [6.45, 7) is 3.26. The van der Waals surface area contributed by atoms with Gasteiger partial charge in [0.1, 0.15) is 0 Å². The SMILES string of the molecule is CCC1CCC(N(C)c2cc(Br)ccc2CNC)CC1. The van der Waals surface area contributed by atoms with Crippen molar-refractivity contribution in [3.05, 3.63) is 28.2 Å². The molecule has 0 unspecified atom stereocenters. The van der Waals surface area contributed by atoms with Gasteiger partial charge in [-0.2, -0.15) is 0 Å². The number of hydrogen-bond acceptors (Lipinski definition) is 2. The molecule has 0 aromatic heterocycles. The van der Waals surface area contributed by atoms with Gasteiger partial charge in [-0.05, 0) is 56.3 Å². The lowest BCUT2D eigenvalue weighted by atomic mass is 9.84. The molecule has 0 atom stereocenters. The van der Waals surface area contributed by atoms with Gasteiger partial charge in [-0.25, -0.2) is 0 Å². The molecule has 0 saturated heterocycles. The average molecular weight is 339 g/mol. The standard InChI is InChI=1S/C17H27BrN2/c1-4-13-5-9-16(10-6-13)20(3)17-11-15(18)8-7-14(17)12-19-2/h7-8,11,13,16,19H,4-6,9-10,12H2,1-3H3. The van der Waals surface area contributed by atoms with Crippen molar-refractivity contribution in [1.82, 2.24) is 5.32 Å².